The molecule has 1 aliphatic rings. The van der Waals surface area contributed by atoms with Gasteiger partial charge in [0.2, 0.25) is 0 Å². The number of amides is 1. The first-order valence-electron chi connectivity index (χ1n) is 7.76. The summed E-state index contributed by atoms with van der Waals surface area (Å²) in [6, 6.07) is 15.6. The van der Waals surface area contributed by atoms with Crippen LogP contribution in [0.15, 0.2) is 48.5 Å². The summed E-state index contributed by atoms with van der Waals surface area (Å²) in [5.74, 6) is 0.0372. The number of fused-ring (bicyclic) bond motifs is 1. The number of benzene rings is 2. The van der Waals surface area contributed by atoms with Gasteiger partial charge in [-0.2, -0.15) is 0 Å². The number of hydrogen-bond acceptors (Lipinski definition) is 3. The van der Waals surface area contributed by atoms with Gasteiger partial charge in [-0.25, -0.2) is 4.98 Å². The molecule has 2 aromatic carbocycles. The Hall–Kier alpha value is -2.17. The highest BCUT2D eigenvalue weighted by molar-refractivity contribution is 7.17. The van der Waals surface area contributed by atoms with Crippen LogP contribution in [0.1, 0.15) is 20.9 Å². The van der Waals surface area contributed by atoms with Gasteiger partial charge < -0.3 is 4.90 Å². The maximum atomic E-state index is 13.0. The Morgan fingerprint density at radius 3 is 2.71 bits per heavy atom. The summed E-state index contributed by atoms with van der Waals surface area (Å²) in [5, 5.41) is 1.54. The molecule has 0 radical (unpaired) electrons. The number of anilines is 1. The van der Waals surface area contributed by atoms with E-state index in [2.05, 4.69) is 11.1 Å². The average Bonchev–Trinajstić information content (AvgIpc) is 3.19. The Kier molecular flexibility index (Phi) is 3.87. The molecule has 0 atom stereocenters. The van der Waals surface area contributed by atoms with E-state index in [4.69, 9.17) is 11.6 Å². The second kappa shape index (κ2) is 6.04. The van der Waals surface area contributed by atoms with Crippen molar-refractivity contribution >= 4 is 34.5 Å². The zero-order valence-electron chi connectivity index (χ0n) is 13.1. The molecule has 0 saturated carbocycles. The zero-order chi connectivity index (χ0) is 16.7. The highest BCUT2D eigenvalue weighted by atomic mass is 35.5. The summed E-state index contributed by atoms with van der Waals surface area (Å²) in [6.07, 6.45) is 0.907. The molecule has 0 N–H and O–H groups in total. The van der Waals surface area contributed by atoms with E-state index < -0.39 is 0 Å². The topological polar surface area (TPSA) is 33.2 Å². The molecule has 0 unspecified atom stereocenters. The Labute approximate surface area is 149 Å². The molecular formula is C19H15ClN2OS. The minimum absolute atomic E-state index is 0.0372. The Balaban J connectivity index is 1.68. The van der Waals surface area contributed by atoms with Gasteiger partial charge >= 0.3 is 0 Å². The summed E-state index contributed by atoms with van der Waals surface area (Å²) >= 11 is 7.38. The van der Waals surface area contributed by atoms with E-state index in [1.807, 2.05) is 54.3 Å². The molecule has 0 bridgehead atoms. The lowest BCUT2D eigenvalue weighted by Gasteiger charge is -2.16. The van der Waals surface area contributed by atoms with Crippen LogP contribution < -0.4 is 4.90 Å². The van der Waals surface area contributed by atoms with Gasteiger partial charge in [0.1, 0.15) is 9.88 Å². The second-order valence-corrected chi connectivity index (χ2v) is 7.21. The number of rotatable bonds is 2. The standard InChI is InChI=1S/C19H15ClN2OS/c1-12-17(24-18(21-12)14-6-8-15(20)9-7-14)19(23)22-11-10-13-4-2-3-5-16(13)22/h2-9H,10-11H2,1H3. The highest BCUT2D eigenvalue weighted by Crippen LogP contribution is 2.33. The number of nitrogens with zero attached hydrogens (tertiary/aromatic N) is 2. The normalized spacial score (nSPS) is 13.2. The lowest BCUT2D eigenvalue weighted by molar-refractivity contribution is 0.0992. The molecule has 0 aliphatic carbocycles. The highest BCUT2D eigenvalue weighted by Gasteiger charge is 2.28. The van der Waals surface area contributed by atoms with Crippen molar-refractivity contribution in [2.24, 2.45) is 0 Å². The number of aryl methyl sites for hydroxylation is 1. The van der Waals surface area contributed by atoms with Gasteiger partial charge in [0.15, 0.2) is 0 Å². The number of carbonyl (C=O) groups excluding carboxylic acids is 1. The van der Waals surface area contributed by atoms with Crippen molar-refractivity contribution in [2.75, 3.05) is 11.4 Å². The third-order valence-electron chi connectivity index (χ3n) is 4.21. The molecule has 0 saturated heterocycles. The summed E-state index contributed by atoms with van der Waals surface area (Å²) < 4.78 is 0. The van der Waals surface area contributed by atoms with Crippen LogP contribution in [0.5, 0.6) is 0 Å². The smallest absolute Gasteiger partial charge is 0.270 e. The van der Waals surface area contributed by atoms with E-state index in [-0.39, 0.29) is 5.91 Å². The molecule has 2 heterocycles. The fraction of sp³-hybridized carbons (Fsp3) is 0.158. The molecule has 0 fully saturated rings. The van der Waals surface area contributed by atoms with Gasteiger partial charge in [0.05, 0.1) is 5.69 Å². The predicted molar refractivity (Wildman–Crippen MR) is 99.1 cm³/mol. The van der Waals surface area contributed by atoms with Crippen molar-refractivity contribution < 1.29 is 4.79 Å². The number of hydrogen-bond donors (Lipinski definition) is 0. The van der Waals surface area contributed by atoms with Crippen molar-refractivity contribution in [3.8, 4) is 10.6 Å². The van der Waals surface area contributed by atoms with Crippen molar-refractivity contribution in [1.29, 1.82) is 0 Å². The largest absolute Gasteiger partial charge is 0.307 e. The molecule has 3 aromatic rings. The van der Waals surface area contributed by atoms with Crippen LogP contribution in [-0.2, 0) is 6.42 Å². The molecule has 5 heteroatoms. The quantitative estimate of drug-likeness (QED) is 0.650. The molecule has 4 rings (SSSR count). The maximum Gasteiger partial charge on any atom is 0.270 e. The SMILES string of the molecule is Cc1nc(-c2ccc(Cl)cc2)sc1C(=O)N1CCc2ccccc21. The molecule has 1 aliphatic heterocycles. The van der Waals surface area contributed by atoms with Crippen LogP contribution in [0.25, 0.3) is 10.6 Å². The first-order chi connectivity index (χ1) is 11.6. The lowest BCUT2D eigenvalue weighted by atomic mass is 10.2. The minimum Gasteiger partial charge on any atom is -0.307 e. The second-order valence-electron chi connectivity index (χ2n) is 5.78. The molecular weight excluding hydrogens is 340 g/mol. The van der Waals surface area contributed by atoms with Gasteiger partial charge in [-0.15, -0.1) is 11.3 Å². The monoisotopic (exact) mass is 354 g/mol. The number of thiazole rings is 1. The molecule has 24 heavy (non-hydrogen) atoms. The van der Waals surface area contributed by atoms with Crippen molar-refractivity contribution in [1.82, 2.24) is 4.98 Å². The summed E-state index contributed by atoms with van der Waals surface area (Å²) in [5.41, 5.74) is 4.00. The van der Waals surface area contributed by atoms with Gasteiger partial charge in [0, 0.05) is 22.8 Å². The molecule has 0 spiro atoms. The molecule has 1 aromatic heterocycles. The van der Waals surface area contributed by atoms with Crippen LogP contribution >= 0.6 is 22.9 Å². The average molecular weight is 355 g/mol. The van der Waals surface area contributed by atoms with Crippen LogP contribution in [0.4, 0.5) is 5.69 Å². The van der Waals surface area contributed by atoms with E-state index in [0.29, 0.717) is 9.90 Å². The van der Waals surface area contributed by atoms with E-state index in [1.54, 1.807) is 0 Å². The van der Waals surface area contributed by atoms with Crippen molar-refractivity contribution in [3.05, 3.63) is 69.7 Å². The van der Waals surface area contributed by atoms with Crippen LogP contribution in [0.3, 0.4) is 0 Å². The molecule has 1 amide bonds. The molecule has 3 nitrogen and oxygen atoms in total. The van der Waals surface area contributed by atoms with E-state index in [9.17, 15) is 4.79 Å². The number of carbonyl (C=O) groups is 1. The summed E-state index contributed by atoms with van der Waals surface area (Å²) in [7, 11) is 0. The van der Waals surface area contributed by atoms with Gasteiger partial charge in [-0.3, -0.25) is 4.79 Å². The van der Waals surface area contributed by atoms with Crippen molar-refractivity contribution in [2.45, 2.75) is 13.3 Å². The van der Waals surface area contributed by atoms with Crippen LogP contribution in [-0.4, -0.2) is 17.4 Å². The minimum atomic E-state index is 0.0372. The van der Waals surface area contributed by atoms with E-state index >= 15 is 0 Å². The number of halogens is 1. The lowest BCUT2D eigenvalue weighted by Crippen LogP contribution is -2.28. The van der Waals surface area contributed by atoms with E-state index in [1.165, 1.54) is 16.9 Å². The number of aromatic nitrogens is 1. The van der Waals surface area contributed by atoms with Crippen LogP contribution in [0.2, 0.25) is 5.02 Å². The van der Waals surface area contributed by atoms with Gasteiger partial charge in [0.25, 0.3) is 5.91 Å². The maximum absolute atomic E-state index is 13.0. The van der Waals surface area contributed by atoms with Crippen molar-refractivity contribution in [3.63, 3.8) is 0 Å². The first-order valence-corrected chi connectivity index (χ1v) is 8.96. The fourth-order valence-corrected chi connectivity index (χ4v) is 4.13. The number of para-hydroxylation sites is 1. The van der Waals surface area contributed by atoms with E-state index in [0.717, 1.165) is 34.9 Å². The Morgan fingerprint density at radius 2 is 1.92 bits per heavy atom. The third kappa shape index (κ3) is 2.62. The predicted octanol–water partition coefficient (Wildman–Crippen LogP) is 4.97. The summed E-state index contributed by atoms with van der Waals surface area (Å²) in [4.78, 5) is 20.2. The Bertz CT molecular complexity index is 917. The zero-order valence-corrected chi connectivity index (χ0v) is 14.7. The first kappa shape index (κ1) is 15.4. The fourth-order valence-electron chi connectivity index (χ4n) is 2.98. The molecule has 120 valence electrons. The van der Waals surface area contributed by atoms with Gasteiger partial charge in [-0.05, 0) is 37.1 Å². The Morgan fingerprint density at radius 1 is 1.17 bits per heavy atom. The third-order valence-corrected chi connectivity index (χ3v) is 5.66. The van der Waals surface area contributed by atoms with Gasteiger partial charge in [-0.1, -0.05) is 41.9 Å². The van der Waals surface area contributed by atoms with Crippen LogP contribution in [0, 0.1) is 6.92 Å². The summed E-state index contributed by atoms with van der Waals surface area (Å²) in [6.45, 7) is 2.62.